The van der Waals surface area contributed by atoms with Gasteiger partial charge >= 0.3 is 0 Å². The lowest BCUT2D eigenvalue weighted by Gasteiger charge is -2.41. The first-order valence-electron chi connectivity index (χ1n) is 6.65. The smallest absolute Gasteiger partial charge is 0.0757 e. The molecular weight excluding hydrogens is 256 g/mol. The molecule has 2 N–H and O–H groups in total. The summed E-state index contributed by atoms with van der Waals surface area (Å²) in [5, 5.41) is 2.10. The number of nitrogens with zero attached hydrogens (tertiary/aromatic N) is 1. The quantitative estimate of drug-likeness (QED) is 0.842. The van der Waals surface area contributed by atoms with E-state index in [-0.39, 0.29) is 11.7 Å². The molecule has 0 radical (unpaired) electrons. The molecule has 1 saturated heterocycles. The van der Waals surface area contributed by atoms with E-state index < -0.39 is 0 Å². The van der Waals surface area contributed by atoms with Crippen LogP contribution in [0.3, 0.4) is 0 Å². The first-order valence-corrected chi connectivity index (χ1v) is 7.53. The van der Waals surface area contributed by atoms with Crippen LogP contribution in [-0.2, 0) is 11.3 Å². The first-order chi connectivity index (χ1) is 9.00. The lowest BCUT2D eigenvalue weighted by Crippen LogP contribution is -2.51. The van der Waals surface area contributed by atoms with Crippen molar-refractivity contribution in [1.82, 2.24) is 4.90 Å². The van der Waals surface area contributed by atoms with Gasteiger partial charge in [0.15, 0.2) is 0 Å². The maximum atomic E-state index is 5.94. The molecule has 1 atom stereocenters. The Morgan fingerprint density at radius 2 is 2.37 bits per heavy atom. The van der Waals surface area contributed by atoms with Crippen molar-refractivity contribution in [2.24, 2.45) is 5.73 Å². The van der Waals surface area contributed by atoms with Crippen LogP contribution in [0.2, 0.25) is 0 Å². The van der Waals surface area contributed by atoms with Crippen LogP contribution in [0.15, 0.2) is 11.4 Å². The normalized spacial score (nSPS) is 22.8. The van der Waals surface area contributed by atoms with Gasteiger partial charge in [-0.3, -0.25) is 4.90 Å². The van der Waals surface area contributed by atoms with Crippen LogP contribution in [-0.4, -0.2) is 36.2 Å². The summed E-state index contributed by atoms with van der Waals surface area (Å²) < 4.78 is 5.94. The van der Waals surface area contributed by atoms with Gasteiger partial charge in [-0.25, -0.2) is 0 Å². The molecule has 2 heterocycles. The van der Waals surface area contributed by atoms with Crippen molar-refractivity contribution in [2.45, 2.75) is 39.0 Å². The lowest BCUT2D eigenvalue weighted by molar-refractivity contribution is -0.130. The standard InChI is InChI=1S/C15H22N2OS/c1-12-9-17(11-15(2,3)18-12)10-14-13(5-4-7-16)6-8-19-14/h6,8,12H,7,9-11,16H2,1-3H3. The Kier molecular flexibility index (Phi) is 4.64. The average molecular weight is 278 g/mol. The highest BCUT2D eigenvalue weighted by molar-refractivity contribution is 7.10. The van der Waals surface area contributed by atoms with E-state index in [1.807, 2.05) is 0 Å². The first kappa shape index (κ1) is 14.5. The average Bonchev–Trinajstić information content (AvgIpc) is 2.71. The monoisotopic (exact) mass is 278 g/mol. The molecule has 0 aliphatic carbocycles. The summed E-state index contributed by atoms with van der Waals surface area (Å²) in [4.78, 5) is 3.78. The van der Waals surface area contributed by atoms with Crippen molar-refractivity contribution >= 4 is 11.3 Å². The summed E-state index contributed by atoms with van der Waals surface area (Å²) >= 11 is 1.77. The third-order valence-electron chi connectivity index (χ3n) is 3.08. The van der Waals surface area contributed by atoms with Crippen molar-refractivity contribution in [1.29, 1.82) is 0 Å². The van der Waals surface area contributed by atoms with Crippen molar-refractivity contribution in [3.63, 3.8) is 0 Å². The molecule has 0 amide bonds. The van der Waals surface area contributed by atoms with E-state index in [4.69, 9.17) is 10.5 Å². The van der Waals surface area contributed by atoms with E-state index in [2.05, 4.69) is 49.0 Å². The van der Waals surface area contributed by atoms with Crippen LogP contribution >= 0.6 is 11.3 Å². The highest BCUT2D eigenvalue weighted by Crippen LogP contribution is 2.25. The van der Waals surface area contributed by atoms with Gasteiger partial charge in [0.1, 0.15) is 0 Å². The van der Waals surface area contributed by atoms with Gasteiger partial charge in [0.25, 0.3) is 0 Å². The van der Waals surface area contributed by atoms with E-state index in [0.717, 1.165) is 25.2 Å². The summed E-state index contributed by atoms with van der Waals surface area (Å²) in [6.45, 7) is 9.74. The minimum atomic E-state index is -0.0714. The Labute approximate surface area is 119 Å². The molecule has 2 rings (SSSR count). The van der Waals surface area contributed by atoms with E-state index in [0.29, 0.717) is 6.54 Å². The van der Waals surface area contributed by atoms with Gasteiger partial charge in [0.05, 0.1) is 18.2 Å². The van der Waals surface area contributed by atoms with Crippen LogP contribution in [0.1, 0.15) is 31.2 Å². The third kappa shape index (κ3) is 4.05. The number of thiophene rings is 1. The van der Waals surface area contributed by atoms with Crippen LogP contribution < -0.4 is 5.73 Å². The lowest BCUT2D eigenvalue weighted by atomic mass is 10.1. The summed E-state index contributed by atoms with van der Waals surface area (Å²) in [5.74, 6) is 6.09. The molecule has 0 saturated carbocycles. The molecule has 1 unspecified atom stereocenters. The molecule has 0 aromatic carbocycles. The second kappa shape index (κ2) is 6.06. The van der Waals surface area contributed by atoms with E-state index in [9.17, 15) is 0 Å². The fourth-order valence-electron chi connectivity index (χ4n) is 2.63. The largest absolute Gasteiger partial charge is 0.370 e. The fourth-order valence-corrected chi connectivity index (χ4v) is 3.50. The topological polar surface area (TPSA) is 38.5 Å². The number of rotatable bonds is 2. The van der Waals surface area contributed by atoms with Crippen molar-refractivity contribution < 1.29 is 4.74 Å². The maximum absolute atomic E-state index is 5.94. The summed E-state index contributed by atoms with van der Waals surface area (Å²) in [7, 11) is 0. The number of hydrogen-bond donors (Lipinski definition) is 1. The number of morpholine rings is 1. The Balaban J connectivity index is 2.07. The Bertz CT molecular complexity index is 484. The molecule has 0 spiro atoms. The molecule has 19 heavy (non-hydrogen) atoms. The van der Waals surface area contributed by atoms with E-state index >= 15 is 0 Å². The molecule has 1 aliphatic rings. The predicted octanol–water partition coefficient (Wildman–Crippen LogP) is 2.06. The zero-order valence-corrected chi connectivity index (χ0v) is 12.7. The number of ether oxygens (including phenoxy) is 1. The van der Waals surface area contributed by atoms with Gasteiger partial charge < -0.3 is 10.5 Å². The minimum Gasteiger partial charge on any atom is -0.370 e. The van der Waals surface area contributed by atoms with Crippen molar-refractivity contribution in [3.05, 3.63) is 21.9 Å². The second-order valence-corrected chi connectivity index (χ2v) is 6.62. The van der Waals surface area contributed by atoms with Gasteiger partial charge in [-0.15, -0.1) is 11.3 Å². The summed E-state index contributed by atoms with van der Waals surface area (Å²) in [6.07, 6.45) is 0.280. The van der Waals surface area contributed by atoms with E-state index in [1.54, 1.807) is 11.3 Å². The molecule has 0 bridgehead atoms. The SMILES string of the molecule is CC1CN(Cc2sccc2C#CCN)CC(C)(C)O1. The van der Waals surface area contributed by atoms with Crippen LogP contribution in [0.4, 0.5) is 0 Å². The Morgan fingerprint density at radius 3 is 3.05 bits per heavy atom. The van der Waals surface area contributed by atoms with Gasteiger partial charge in [-0.05, 0) is 32.2 Å². The van der Waals surface area contributed by atoms with Gasteiger partial charge in [0.2, 0.25) is 0 Å². The Morgan fingerprint density at radius 1 is 1.58 bits per heavy atom. The van der Waals surface area contributed by atoms with E-state index in [1.165, 1.54) is 4.88 Å². The summed E-state index contributed by atoms with van der Waals surface area (Å²) in [5.41, 5.74) is 6.48. The predicted molar refractivity (Wildman–Crippen MR) is 80.2 cm³/mol. The zero-order chi connectivity index (χ0) is 13.9. The van der Waals surface area contributed by atoms with Gasteiger partial charge in [0, 0.05) is 30.1 Å². The van der Waals surface area contributed by atoms with Crippen molar-refractivity contribution in [3.8, 4) is 11.8 Å². The molecule has 3 nitrogen and oxygen atoms in total. The highest BCUT2D eigenvalue weighted by atomic mass is 32.1. The maximum Gasteiger partial charge on any atom is 0.0757 e. The molecule has 1 aliphatic heterocycles. The molecule has 1 aromatic heterocycles. The fraction of sp³-hybridized carbons (Fsp3) is 0.600. The molecular formula is C15H22N2OS. The zero-order valence-electron chi connectivity index (χ0n) is 11.9. The van der Waals surface area contributed by atoms with Gasteiger partial charge in [-0.1, -0.05) is 11.8 Å². The van der Waals surface area contributed by atoms with Crippen LogP contribution in [0.25, 0.3) is 0 Å². The Hall–Kier alpha value is -0.860. The van der Waals surface area contributed by atoms with Gasteiger partial charge in [-0.2, -0.15) is 0 Å². The van der Waals surface area contributed by atoms with Crippen LogP contribution in [0, 0.1) is 11.8 Å². The molecule has 1 fully saturated rings. The minimum absolute atomic E-state index is 0.0714. The number of nitrogens with two attached hydrogens (primary N) is 1. The molecule has 104 valence electrons. The number of hydrogen-bond acceptors (Lipinski definition) is 4. The van der Waals surface area contributed by atoms with Crippen LogP contribution in [0.5, 0.6) is 0 Å². The third-order valence-corrected chi connectivity index (χ3v) is 3.98. The molecule has 1 aromatic rings. The molecule has 4 heteroatoms. The van der Waals surface area contributed by atoms with Crippen molar-refractivity contribution in [2.75, 3.05) is 19.6 Å². The second-order valence-electron chi connectivity index (χ2n) is 5.62. The summed E-state index contributed by atoms with van der Waals surface area (Å²) in [6, 6.07) is 2.08. The highest BCUT2D eigenvalue weighted by Gasteiger charge is 2.31.